The first-order valence-electron chi connectivity index (χ1n) is 6.40. The Balaban J connectivity index is 2.21. The summed E-state index contributed by atoms with van der Waals surface area (Å²) < 4.78 is 0. The van der Waals surface area contributed by atoms with Crippen molar-refractivity contribution in [2.24, 2.45) is 0 Å². The molecule has 3 rings (SSSR count). The molecule has 0 unspecified atom stereocenters. The molecule has 0 saturated carbocycles. The first kappa shape index (κ1) is 11.9. The zero-order valence-corrected chi connectivity index (χ0v) is 11.2. The molecule has 1 aromatic carbocycles. The van der Waals surface area contributed by atoms with E-state index >= 15 is 0 Å². The van der Waals surface area contributed by atoms with Gasteiger partial charge >= 0.3 is 0 Å². The van der Waals surface area contributed by atoms with Gasteiger partial charge in [-0.2, -0.15) is 0 Å². The number of aromatic amines is 1. The number of aromatic nitrogens is 2. The van der Waals surface area contributed by atoms with Crippen molar-refractivity contribution in [2.45, 2.75) is 6.54 Å². The topological polar surface area (TPSA) is 31.9 Å². The van der Waals surface area contributed by atoms with E-state index in [0.29, 0.717) is 0 Å². The number of H-pyrrole nitrogens is 1. The largest absolute Gasteiger partial charge is 0.361 e. The van der Waals surface area contributed by atoms with Crippen LogP contribution in [-0.2, 0) is 6.54 Å². The minimum Gasteiger partial charge on any atom is -0.361 e. The van der Waals surface area contributed by atoms with E-state index in [0.717, 1.165) is 6.54 Å². The van der Waals surface area contributed by atoms with Crippen molar-refractivity contribution in [1.29, 1.82) is 0 Å². The van der Waals surface area contributed by atoms with Crippen LogP contribution in [0.25, 0.3) is 22.0 Å². The van der Waals surface area contributed by atoms with Crippen LogP contribution in [0.15, 0.2) is 48.9 Å². The molecule has 2 aromatic heterocycles. The molecule has 0 amide bonds. The highest BCUT2D eigenvalue weighted by atomic mass is 15.0. The fourth-order valence-electron chi connectivity index (χ4n) is 2.49. The SMILES string of the molecule is CN(C)Cc1c[nH]c2cccc(-c3ccncc3)c12. The van der Waals surface area contributed by atoms with Gasteiger partial charge in [-0.25, -0.2) is 0 Å². The Morgan fingerprint density at radius 3 is 2.63 bits per heavy atom. The van der Waals surface area contributed by atoms with Crippen LogP contribution in [0.4, 0.5) is 0 Å². The molecule has 3 nitrogen and oxygen atoms in total. The third kappa shape index (κ3) is 2.25. The van der Waals surface area contributed by atoms with Gasteiger partial charge in [0.25, 0.3) is 0 Å². The van der Waals surface area contributed by atoms with E-state index in [1.54, 1.807) is 0 Å². The first-order chi connectivity index (χ1) is 9.25. The van der Waals surface area contributed by atoms with E-state index in [1.807, 2.05) is 12.4 Å². The highest BCUT2D eigenvalue weighted by molar-refractivity contribution is 5.97. The van der Waals surface area contributed by atoms with E-state index in [4.69, 9.17) is 0 Å². The summed E-state index contributed by atoms with van der Waals surface area (Å²) in [5, 5.41) is 1.31. The molecule has 0 bridgehead atoms. The molecule has 1 N–H and O–H groups in total. The monoisotopic (exact) mass is 251 g/mol. The van der Waals surface area contributed by atoms with Gasteiger partial charge in [-0.1, -0.05) is 12.1 Å². The number of pyridine rings is 1. The number of hydrogen-bond donors (Lipinski definition) is 1. The summed E-state index contributed by atoms with van der Waals surface area (Å²) in [6.45, 7) is 0.933. The molecule has 0 spiro atoms. The molecule has 0 aliphatic rings. The van der Waals surface area contributed by atoms with Crippen LogP contribution in [0.1, 0.15) is 5.56 Å². The Bertz CT molecular complexity index is 684. The molecular formula is C16H17N3. The number of benzene rings is 1. The second-order valence-corrected chi connectivity index (χ2v) is 5.02. The fraction of sp³-hybridized carbons (Fsp3) is 0.188. The molecule has 0 aliphatic carbocycles. The smallest absolute Gasteiger partial charge is 0.0463 e. The van der Waals surface area contributed by atoms with Crippen molar-refractivity contribution in [1.82, 2.24) is 14.9 Å². The summed E-state index contributed by atoms with van der Waals surface area (Å²) in [7, 11) is 4.18. The normalized spacial score (nSPS) is 11.3. The zero-order chi connectivity index (χ0) is 13.2. The maximum atomic E-state index is 4.09. The molecule has 3 heteroatoms. The van der Waals surface area contributed by atoms with E-state index in [1.165, 1.54) is 27.6 Å². The van der Waals surface area contributed by atoms with E-state index in [2.05, 4.69) is 65.5 Å². The van der Waals surface area contributed by atoms with Gasteiger partial charge in [-0.3, -0.25) is 4.98 Å². The molecule has 0 fully saturated rings. The lowest BCUT2D eigenvalue weighted by molar-refractivity contribution is 0.404. The van der Waals surface area contributed by atoms with Crippen molar-refractivity contribution in [3.05, 3.63) is 54.5 Å². The number of rotatable bonds is 3. The Kier molecular flexibility index (Phi) is 3.05. The van der Waals surface area contributed by atoms with Gasteiger partial charge in [-0.05, 0) is 49.0 Å². The van der Waals surface area contributed by atoms with E-state index < -0.39 is 0 Å². The molecule has 0 aliphatic heterocycles. The highest BCUT2D eigenvalue weighted by Gasteiger charge is 2.10. The van der Waals surface area contributed by atoms with Gasteiger partial charge in [0.2, 0.25) is 0 Å². The van der Waals surface area contributed by atoms with Crippen molar-refractivity contribution in [3.8, 4) is 11.1 Å². The van der Waals surface area contributed by atoms with Crippen LogP contribution >= 0.6 is 0 Å². The number of nitrogens with one attached hydrogen (secondary N) is 1. The Hall–Kier alpha value is -2.13. The molecule has 3 aromatic rings. The Morgan fingerprint density at radius 2 is 1.89 bits per heavy atom. The average Bonchev–Trinajstić information content (AvgIpc) is 2.82. The van der Waals surface area contributed by atoms with Gasteiger partial charge in [0.05, 0.1) is 0 Å². The number of hydrogen-bond acceptors (Lipinski definition) is 2. The lowest BCUT2D eigenvalue weighted by Crippen LogP contribution is -2.10. The molecule has 0 atom stereocenters. The standard InChI is InChI=1S/C16H17N3/c1-19(2)11-13-10-18-15-5-3-4-14(16(13)15)12-6-8-17-9-7-12/h3-10,18H,11H2,1-2H3. The summed E-state index contributed by atoms with van der Waals surface area (Å²) in [6.07, 6.45) is 5.79. The molecular weight excluding hydrogens is 234 g/mol. The van der Waals surface area contributed by atoms with Gasteiger partial charge in [0.15, 0.2) is 0 Å². The van der Waals surface area contributed by atoms with E-state index in [-0.39, 0.29) is 0 Å². The maximum Gasteiger partial charge on any atom is 0.0463 e. The summed E-state index contributed by atoms with van der Waals surface area (Å²) in [5.74, 6) is 0. The van der Waals surface area contributed by atoms with Crippen LogP contribution in [0.2, 0.25) is 0 Å². The number of nitrogens with zero attached hydrogens (tertiary/aromatic N) is 2. The molecule has 0 saturated heterocycles. The third-order valence-corrected chi connectivity index (χ3v) is 3.27. The average molecular weight is 251 g/mol. The van der Waals surface area contributed by atoms with Crippen LogP contribution in [0.5, 0.6) is 0 Å². The van der Waals surface area contributed by atoms with Gasteiger partial charge < -0.3 is 9.88 Å². The summed E-state index contributed by atoms with van der Waals surface area (Å²) >= 11 is 0. The minimum atomic E-state index is 0.933. The summed E-state index contributed by atoms with van der Waals surface area (Å²) in [4.78, 5) is 9.64. The van der Waals surface area contributed by atoms with Crippen molar-refractivity contribution < 1.29 is 0 Å². The van der Waals surface area contributed by atoms with Crippen molar-refractivity contribution >= 4 is 10.9 Å². The quantitative estimate of drug-likeness (QED) is 0.774. The maximum absolute atomic E-state index is 4.09. The predicted molar refractivity (Wildman–Crippen MR) is 78.9 cm³/mol. The molecule has 0 radical (unpaired) electrons. The highest BCUT2D eigenvalue weighted by Crippen LogP contribution is 2.31. The second-order valence-electron chi connectivity index (χ2n) is 5.02. The van der Waals surface area contributed by atoms with Crippen LogP contribution < -0.4 is 0 Å². The van der Waals surface area contributed by atoms with Gasteiger partial charge in [0.1, 0.15) is 0 Å². The molecule has 2 heterocycles. The summed E-state index contributed by atoms with van der Waals surface area (Å²) in [6, 6.07) is 10.5. The Labute approximate surface area is 112 Å². The van der Waals surface area contributed by atoms with Crippen molar-refractivity contribution in [2.75, 3.05) is 14.1 Å². The minimum absolute atomic E-state index is 0.933. The van der Waals surface area contributed by atoms with Gasteiger partial charge in [0, 0.05) is 36.0 Å². The fourth-order valence-corrected chi connectivity index (χ4v) is 2.49. The lowest BCUT2D eigenvalue weighted by atomic mass is 10.00. The van der Waals surface area contributed by atoms with E-state index in [9.17, 15) is 0 Å². The third-order valence-electron chi connectivity index (χ3n) is 3.27. The summed E-state index contributed by atoms with van der Waals surface area (Å²) in [5.41, 5.74) is 4.98. The second kappa shape index (κ2) is 4.86. The zero-order valence-electron chi connectivity index (χ0n) is 11.2. The van der Waals surface area contributed by atoms with Crippen LogP contribution in [0, 0.1) is 0 Å². The van der Waals surface area contributed by atoms with Crippen LogP contribution in [-0.4, -0.2) is 29.0 Å². The predicted octanol–water partition coefficient (Wildman–Crippen LogP) is 3.29. The lowest BCUT2D eigenvalue weighted by Gasteiger charge is -2.10. The van der Waals surface area contributed by atoms with Gasteiger partial charge in [-0.15, -0.1) is 0 Å². The van der Waals surface area contributed by atoms with Crippen molar-refractivity contribution in [3.63, 3.8) is 0 Å². The Morgan fingerprint density at radius 1 is 1.11 bits per heavy atom. The molecule has 96 valence electrons. The van der Waals surface area contributed by atoms with Crippen LogP contribution in [0.3, 0.4) is 0 Å². The molecule has 19 heavy (non-hydrogen) atoms. The first-order valence-corrected chi connectivity index (χ1v) is 6.40. The number of fused-ring (bicyclic) bond motifs is 1.